The van der Waals surface area contributed by atoms with Crippen LogP contribution in [0.2, 0.25) is 0 Å². The third kappa shape index (κ3) is 3.88. The number of ether oxygens (including phenoxy) is 1. The first-order valence-electron chi connectivity index (χ1n) is 11.2. The number of hydrogen-bond acceptors (Lipinski definition) is 3. The number of benzene rings is 2. The average molecular weight is 422 g/mol. The lowest BCUT2D eigenvalue weighted by Crippen LogP contribution is -2.41. The summed E-state index contributed by atoms with van der Waals surface area (Å²) in [5.74, 6) is 0.668. The number of fused-ring (bicyclic) bond motifs is 2. The molecule has 0 amide bonds. The van der Waals surface area contributed by atoms with E-state index in [4.69, 9.17) is 4.74 Å². The molecule has 2 saturated carbocycles. The van der Waals surface area contributed by atoms with Crippen molar-refractivity contribution in [3.8, 4) is 0 Å². The zero-order chi connectivity index (χ0) is 21.2. The molecule has 2 fully saturated rings. The van der Waals surface area contributed by atoms with Crippen LogP contribution in [-0.2, 0) is 11.3 Å². The van der Waals surface area contributed by atoms with Crippen molar-refractivity contribution in [1.82, 2.24) is 4.72 Å². The van der Waals surface area contributed by atoms with Crippen LogP contribution in [0.5, 0.6) is 0 Å². The van der Waals surface area contributed by atoms with Gasteiger partial charge in [-0.2, -0.15) is 0 Å². The zero-order valence-corrected chi connectivity index (χ0v) is 19.3. The van der Waals surface area contributed by atoms with Crippen LogP contribution in [0.1, 0.15) is 57.2 Å². The van der Waals surface area contributed by atoms with Crippen LogP contribution in [0.3, 0.4) is 0 Å². The Hall–Kier alpha value is -1.55. The highest BCUT2D eigenvalue weighted by molar-refractivity contribution is 7.98. The molecule has 2 aromatic carbocycles. The topological polar surface area (TPSA) is 21.3 Å². The highest BCUT2D eigenvalue weighted by Gasteiger charge is 2.67. The van der Waals surface area contributed by atoms with Gasteiger partial charge in [0, 0.05) is 16.7 Å². The van der Waals surface area contributed by atoms with Gasteiger partial charge < -0.3 is 4.74 Å². The maximum absolute atomic E-state index is 6.69. The summed E-state index contributed by atoms with van der Waals surface area (Å²) in [6, 6.07) is 21.6. The normalized spacial score (nSPS) is 30.3. The Labute approximate surface area is 186 Å². The minimum Gasteiger partial charge on any atom is -0.372 e. The minimum atomic E-state index is 0.215. The van der Waals surface area contributed by atoms with E-state index in [1.165, 1.54) is 24.0 Å². The molecule has 0 saturated heterocycles. The second kappa shape index (κ2) is 8.90. The fourth-order valence-corrected chi connectivity index (χ4v) is 7.36. The van der Waals surface area contributed by atoms with Crippen LogP contribution >= 0.6 is 11.9 Å². The highest BCUT2D eigenvalue weighted by atomic mass is 32.2. The molecule has 0 unspecified atom stereocenters. The first-order valence-corrected chi connectivity index (χ1v) is 12.1. The van der Waals surface area contributed by atoms with E-state index in [0.29, 0.717) is 17.8 Å². The molecular formula is C27H35NOS. The highest BCUT2D eigenvalue weighted by Crippen LogP contribution is 2.68. The van der Waals surface area contributed by atoms with E-state index >= 15 is 0 Å². The van der Waals surface area contributed by atoms with Gasteiger partial charge in [0.05, 0.1) is 12.7 Å². The van der Waals surface area contributed by atoms with Gasteiger partial charge in [-0.05, 0) is 41.7 Å². The summed E-state index contributed by atoms with van der Waals surface area (Å²) in [7, 11) is 0. The van der Waals surface area contributed by atoms with E-state index < -0.39 is 0 Å². The summed E-state index contributed by atoms with van der Waals surface area (Å²) in [6.45, 7) is 12.1. The Balaban J connectivity index is 1.51. The third-order valence-electron chi connectivity index (χ3n) is 7.92. The van der Waals surface area contributed by atoms with Crippen molar-refractivity contribution in [3.63, 3.8) is 0 Å². The van der Waals surface area contributed by atoms with Crippen molar-refractivity contribution in [3.05, 3.63) is 84.4 Å². The minimum absolute atomic E-state index is 0.215. The van der Waals surface area contributed by atoms with Crippen LogP contribution < -0.4 is 4.72 Å². The Kier molecular flexibility index (Phi) is 6.43. The van der Waals surface area contributed by atoms with Gasteiger partial charge in [-0.15, -0.1) is 6.58 Å². The SMILES string of the molecule is C=CC[C@H](NS[C@@H]1[C@H]2CC[C@@](C)([C@@H]1OCc1ccccc1)C2(C)C)c1ccccc1. The van der Waals surface area contributed by atoms with Gasteiger partial charge in [0.15, 0.2) is 0 Å². The van der Waals surface area contributed by atoms with E-state index in [9.17, 15) is 0 Å². The predicted molar refractivity (Wildman–Crippen MR) is 128 cm³/mol. The lowest BCUT2D eigenvalue weighted by molar-refractivity contribution is -0.0526. The van der Waals surface area contributed by atoms with E-state index in [-0.39, 0.29) is 23.0 Å². The number of hydrogen-bond donors (Lipinski definition) is 1. The monoisotopic (exact) mass is 421 g/mol. The van der Waals surface area contributed by atoms with Gasteiger partial charge in [0.25, 0.3) is 0 Å². The molecule has 30 heavy (non-hydrogen) atoms. The summed E-state index contributed by atoms with van der Waals surface area (Å²) in [4.78, 5) is 0. The molecule has 5 atom stereocenters. The van der Waals surface area contributed by atoms with Gasteiger partial charge in [-0.25, -0.2) is 0 Å². The molecule has 2 aromatic rings. The second-order valence-corrected chi connectivity index (χ2v) is 10.7. The van der Waals surface area contributed by atoms with Crippen molar-refractivity contribution in [1.29, 1.82) is 0 Å². The smallest absolute Gasteiger partial charge is 0.0772 e. The van der Waals surface area contributed by atoms with Crippen molar-refractivity contribution in [2.45, 2.75) is 64.0 Å². The fraction of sp³-hybridized carbons (Fsp3) is 0.481. The molecule has 1 N–H and O–H groups in total. The van der Waals surface area contributed by atoms with Gasteiger partial charge in [0.2, 0.25) is 0 Å². The lowest BCUT2D eigenvalue weighted by atomic mass is 9.70. The molecule has 160 valence electrons. The molecule has 3 heteroatoms. The summed E-state index contributed by atoms with van der Waals surface area (Å²) in [5.41, 5.74) is 3.08. The van der Waals surface area contributed by atoms with Crippen LogP contribution in [-0.4, -0.2) is 11.4 Å². The van der Waals surface area contributed by atoms with Crippen molar-refractivity contribution >= 4 is 11.9 Å². The van der Waals surface area contributed by atoms with Gasteiger partial charge in [-0.1, -0.05) is 99.5 Å². The Morgan fingerprint density at radius 1 is 1.10 bits per heavy atom. The maximum Gasteiger partial charge on any atom is 0.0772 e. The Bertz CT molecular complexity index is 836. The van der Waals surface area contributed by atoms with Gasteiger partial charge in [0.1, 0.15) is 0 Å². The average Bonchev–Trinajstić information content (AvgIpc) is 3.08. The number of rotatable bonds is 9. The van der Waals surface area contributed by atoms with E-state index in [2.05, 4.69) is 92.7 Å². The van der Waals surface area contributed by atoms with Crippen molar-refractivity contribution in [2.75, 3.05) is 0 Å². The van der Waals surface area contributed by atoms with Crippen molar-refractivity contribution in [2.24, 2.45) is 16.7 Å². The lowest BCUT2D eigenvalue weighted by Gasteiger charge is -2.40. The van der Waals surface area contributed by atoms with Crippen molar-refractivity contribution < 1.29 is 4.74 Å². The third-order valence-corrected chi connectivity index (χ3v) is 9.19. The zero-order valence-electron chi connectivity index (χ0n) is 18.5. The van der Waals surface area contributed by atoms with E-state index in [0.717, 1.165) is 6.42 Å². The van der Waals surface area contributed by atoms with E-state index in [1.54, 1.807) is 0 Å². The van der Waals surface area contributed by atoms with Gasteiger partial charge in [-0.3, -0.25) is 4.72 Å². The fourth-order valence-electron chi connectivity index (χ4n) is 5.67. The molecule has 4 rings (SSSR count). The second-order valence-electron chi connectivity index (χ2n) is 9.69. The van der Waals surface area contributed by atoms with E-state index in [1.807, 2.05) is 18.0 Å². The molecule has 2 nitrogen and oxygen atoms in total. The molecule has 2 aliphatic rings. The summed E-state index contributed by atoms with van der Waals surface area (Å²) < 4.78 is 10.5. The Morgan fingerprint density at radius 3 is 2.43 bits per heavy atom. The quantitative estimate of drug-likeness (QED) is 0.349. The molecule has 2 aliphatic carbocycles. The molecular weight excluding hydrogens is 386 g/mol. The summed E-state index contributed by atoms with van der Waals surface area (Å²) >= 11 is 1.91. The van der Waals surface area contributed by atoms with Crippen LogP contribution in [0, 0.1) is 16.7 Å². The molecule has 0 spiro atoms. The van der Waals surface area contributed by atoms with Crippen LogP contribution in [0.15, 0.2) is 73.3 Å². The summed E-state index contributed by atoms with van der Waals surface area (Å²) in [6.07, 6.45) is 5.75. The van der Waals surface area contributed by atoms with Gasteiger partial charge >= 0.3 is 0 Å². The van der Waals surface area contributed by atoms with Crippen LogP contribution in [0.4, 0.5) is 0 Å². The van der Waals surface area contributed by atoms with Crippen LogP contribution in [0.25, 0.3) is 0 Å². The largest absolute Gasteiger partial charge is 0.372 e. The first kappa shape index (κ1) is 21.7. The standard InChI is InChI=1S/C27H35NOS/c1-5-12-23(21-15-10-7-11-16-21)28-30-24-22-17-18-27(4,26(22,2)3)25(24)29-19-20-13-8-6-9-14-20/h5-11,13-16,22-25,28H,1,12,17-19H2,2-4H3/t22-,23+,24-,25-,27+/m1/s1. The maximum atomic E-state index is 6.69. The molecule has 2 bridgehead atoms. The summed E-state index contributed by atoms with van der Waals surface area (Å²) in [5, 5.41) is 0.457. The molecule has 0 aromatic heterocycles. The predicted octanol–water partition coefficient (Wildman–Crippen LogP) is 6.95. The first-order chi connectivity index (χ1) is 14.5. The molecule has 0 heterocycles. The Morgan fingerprint density at radius 2 is 1.77 bits per heavy atom. The molecule has 0 radical (unpaired) electrons. The number of nitrogens with one attached hydrogen (secondary N) is 1. The molecule has 0 aliphatic heterocycles.